The number of carbonyl (C=O) groups excluding carboxylic acids is 1. The molecule has 0 aromatic carbocycles. The molecule has 0 radical (unpaired) electrons. The fourth-order valence-corrected chi connectivity index (χ4v) is 2.33. The fourth-order valence-electron chi connectivity index (χ4n) is 1.86. The molecule has 0 unspecified atom stereocenters. The van der Waals surface area contributed by atoms with Crippen LogP contribution in [-0.4, -0.2) is 40.0 Å². The lowest BCUT2D eigenvalue weighted by Crippen LogP contribution is -2.43. The number of nitrogens with one attached hydrogen (secondary N) is 2. The number of thioether (sulfide) groups is 1. The summed E-state index contributed by atoms with van der Waals surface area (Å²) < 4.78 is 0. The van der Waals surface area contributed by atoms with E-state index in [-0.39, 0.29) is 5.56 Å². The van der Waals surface area contributed by atoms with Crippen LogP contribution in [0.25, 0.3) is 0 Å². The molecule has 7 heteroatoms. The number of pyridine rings is 1. The highest BCUT2D eigenvalue weighted by molar-refractivity contribution is 7.98. The molecule has 0 saturated carbocycles. The molecule has 0 aliphatic heterocycles. The highest BCUT2D eigenvalue weighted by Gasteiger charge is 2.22. The number of H-pyrrole nitrogens is 1. The number of hydrogen-bond acceptors (Lipinski definition) is 4. The van der Waals surface area contributed by atoms with Crippen LogP contribution in [0.1, 0.15) is 28.0 Å². The number of carbonyl (C=O) groups is 2. The van der Waals surface area contributed by atoms with Gasteiger partial charge in [0.1, 0.15) is 11.6 Å². The lowest BCUT2D eigenvalue weighted by Gasteiger charge is -2.14. The van der Waals surface area contributed by atoms with Crippen LogP contribution in [0.15, 0.2) is 10.9 Å². The lowest BCUT2D eigenvalue weighted by molar-refractivity contribution is -0.139. The van der Waals surface area contributed by atoms with Gasteiger partial charge in [-0.05, 0) is 43.9 Å². The van der Waals surface area contributed by atoms with E-state index in [0.29, 0.717) is 23.4 Å². The highest BCUT2D eigenvalue weighted by Crippen LogP contribution is 2.06. The van der Waals surface area contributed by atoms with E-state index < -0.39 is 23.5 Å². The molecule has 3 N–H and O–H groups in total. The second-order valence-corrected chi connectivity index (χ2v) is 5.47. The maximum Gasteiger partial charge on any atom is 0.326 e. The van der Waals surface area contributed by atoms with Crippen molar-refractivity contribution in [3.63, 3.8) is 0 Å². The van der Waals surface area contributed by atoms with E-state index >= 15 is 0 Å². The van der Waals surface area contributed by atoms with Crippen molar-refractivity contribution in [2.75, 3.05) is 12.0 Å². The van der Waals surface area contributed by atoms with Gasteiger partial charge in [0.15, 0.2) is 0 Å². The van der Waals surface area contributed by atoms with Gasteiger partial charge in [0.05, 0.1) is 0 Å². The van der Waals surface area contributed by atoms with Crippen molar-refractivity contribution < 1.29 is 14.7 Å². The van der Waals surface area contributed by atoms with Gasteiger partial charge < -0.3 is 15.4 Å². The molecule has 110 valence electrons. The second kappa shape index (κ2) is 7.14. The summed E-state index contributed by atoms with van der Waals surface area (Å²) in [7, 11) is 0. The second-order valence-electron chi connectivity index (χ2n) is 4.49. The van der Waals surface area contributed by atoms with Crippen LogP contribution in [0.5, 0.6) is 0 Å². The molecule has 1 atom stereocenters. The first-order chi connectivity index (χ1) is 9.36. The summed E-state index contributed by atoms with van der Waals surface area (Å²) >= 11 is 1.50. The van der Waals surface area contributed by atoms with E-state index in [9.17, 15) is 14.4 Å². The Morgan fingerprint density at radius 1 is 1.45 bits per heavy atom. The van der Waals surface area contributed by atoms with Crippen molar-refractivity contribution in [3.8, 4) is 0 Å². The van der Waals surface area contributed by atoms with E-state index in [2.05, 4.69) is 10.3 Å². The average molecular weight is 298 g/mol. The first-order valence-corrected chi connectivity index (χ1v) is 7.49. The largest absolute Gasteiger partial charge is 0.480 e. The normalized spacial score (nSPS) is 11.9. The van der Waals surface area contributed by atoms with Crippen molar-refractivity contribution in [3.05, 3.63) is 33.2 Å². The minimum absolute atomic E-state index is 0.0361. The van der Waals surface area contributed by atoms with Crippen molar-refractivity contribution in [1.82, 2.24) is 10.3 Å². The molecule has 0 spiro atoms. The predicted octanol–water partition coefficient (Wildman–Crippen LogP) is 0.928. The molecule has 1 amide bonds. The summed E-state index contributed by atoms with van der Waals surface area (Å²) in [6, 6.07) is 0.684. The van der Waals surface area contributed by atoms with E-state index in [1.54, 1.807) is 19.9 Å². The van der Waals surface area contributed by atoms with Crippen LogP contribution in [0.4, 0.5) is 0 Å². The molecule has 1 heterocycles. The van der Waals surface area contributed by atoms with Gasteiger partial charge in [-0.1, -0.05) is 0 Å². The minimum Gasteiger partial charge on any atom is -0.480 e. The average Bonchev–Trinajstić information content (AvgIpc) is 2.32. The maximum atomic E-state index is 12.1. The molecule has 1 rings (SSSR count). The van der Waals surface area contributed by atoms with E-state index in [0.717, 1.165) is 0 Å². The van der Waals surface area contributed by atoms with Gasteiger partial charge in [-0.2, -0.15) is 11.8 Å². The number of aromatic amines is 1. The molecule has 6 nitrogen and oxygen atoms in total. The molecule has 20 heavy (non-hydrogen) atoms. The van der Waals surface area contributed by atoms with Gasteiger partial charge in [0.25, 0.3) is 11.5 Å². The highest BCUT2D eigenvalue weighted by atomic mass is 32.2. The molecular formula is C13H18N2O4S. The standard InChI is InChI=1S/C13H18N2O4S/c1-7-6-8(2)14-11(16)10(7)12(17)15-9(13(18)19)4-5-20-3/h6,9H,4-5H2,1-3H3,(H,14,16)(H,15,17)(H,18,19)/t9-/m1/s1. The van der Waals surface area contributed by atoms with Crippen LogP contribution in [0.2, 0.25) is 0 Å². The number of amides is 1. The Labute approximate surface area is 121 Å². The van der Waals surface area contributed by atoms with E-state index in [4.69, 9.17) is 5.11 Å². The van der Waals surface area contributed by atoms with E-state index in [1.807, 2.05) is 6.26 Å². The lowest BCUT2D eigenvalue weighted by atomic mass is 10.1. The fraction of sp³-hybridized carbons (Fsp3) is 0.462. The number of aryl methyl sites for hydroxylation is 2. The monoisotopic (exact) mass is 298 g/mol. The summed E-state index contributed by atoms with van der Waals surface area (Å²) in [5.41, 5.74) is 0.638. The van der Waals surface area contributed by atoms with Gasteiger partial charge in [0.2, 0.25) is 0 Å². The third kappa shape index (κ3) is 4.12. The Morgan fingerprint density at radius 2 is 2.10 bits per heavy atom. The van der Waals surface area contributed by atoms with Gasteiger partial charge >= 0.3 is 5.97 Å². The third-order valence-corrected chi connectivity index (χ3v) is 3.45. The number of hydrogen-bond donors (Lipinski definition) is 3. The quantitative estimate of drug-likeness (QED) is 0.725. The van der Waals surface area contributed by atoms with Gasteiger partial charge in [-0.25, -0.2) is 4.79 Å². The van der Waals surface area contributed by atoms with Gasteiger partial charge in [-0.3, -0.25) is 9.59 Å². The summed E-state index contributed by atoms with van der Waals surface area (Å²) in [5, 5.41) is 11.5. The van der Waals surface area contributed by atoms with Crippen LogP contribution in [0.3, 0.4) is 0 Å². The van der Waals surface area contributed by atoms with E-state index in [1.165, 1.54) is 11.8 Å². The molecular weight excluding hydrogens is 280 g/mol. The molecule has 0 bridgehead atoms. The summed E-state index contributed by atoms with van der Waals surface area (Å²) in [6.45, 7) is 3.36. The molecule has 0 saturated heterocycles. The Bertz CT molecular complexity index is 568. The SMILES string of the molecule is CSCC[C@@H](NC(=O)c1c(C)cc(C)[nH]c1=O)C(=O)O. The Kier molecular flexibility index (Phi) is 5.82. The Hall–Kier alpha value is -1.76. The molecule has 1 aromatic rings. The third-order valence-electron chi connectivity index (χ3n) is 2.81. The molecule has 1 aromatic heterocycles. The van der Waals surface area contributed by atoms with Gasteiger partial charge in [0, 0.05) is 5.69 Å². The van der Waals surface area contributed by atoms with Crippen molar-refractivity contribution in [1.29, 1.82) is 0 Å². The molecule has 0 aliphatic carbocycles. The number of carboxylic acid groups (broad SMARTS) is 1. The van der Waals surface area contributed by atoms with Crippen molar-refractivity contribution >= 4 is 23.6 Å². The maximum absolute atomic E-state index is 12.1. The van der Waals surface area contributed by atoms with Crippen LogP contribution in [0, 0.1) is 13.8 Å². The summed E-state index contributed by atoms with van der Waals surface area (Å²) in [5.74, 6) is -1.15. The zero-order valence-corrected chi connectivity index (χ0v) is 12.5. The topological polar surface area (TPSA) is 99.3 Å². The predicted molar refractivity (Wildman–Crippen MR) is 78.4 cm³/mol. The minimum atomic E-state index is -1.10. The van der Waals surface area contributed by atoms with Crippen molar-refractivity contribution in [2.45, 2.75) is 26.3 Å². The number of carboxylic acids is 1. The Morgan fingerprint density at radius 3 is 2.60 bits per heavy atom. The van der Waals surface area contributed by atoms with Gasteiger partial charge in [-0.15, -0.1) is 0 Å². The van der Waals surface area contributed by atoms with Crippen LogP contribution >= 0.6 is 11.8 Å². The summed E-state index contributed by atoms with van der Waals surface area (Å²) in [4.78, 5) is 37.5. The number of aromatic nitrogens is 1. The Balaban J connectivity index is 2.95. The summed E-state index contributed by atoms with van der Waals surface area (Å²) in [6.07, 6.45) is 2.17. The van der Waals surface area contributed by atoms with Crippen LogP contribution in [-0.2, 0) is 4.79 Å². The molecule has 0 fully saturated rings. The smallest absolute Gasteiger partial charge is 0.326 e. The first-order valence-electron chi connectivity index (χ1n) is 6.10. The van der Waals surface area contributed by atoms with Crippen LogP contribution < -0.4 is 10.9 Å². The first kappa shape index (κ1) is 16.3. The van der Waals surface area contributed by atoms with Crippen molar-refractivity contribution in [2.24, 2.45) is 0 Å². The molecule has 0 aliphatic rings. The number of aliphatic carboxylic acids is 1. The number of rotatable bonds is 6. The zero-order valence-electron chi connectivity index (χ0n) is 11.6. The zero-order chi connectivity index (χ0) is 15.3.